The Hall–Kier alpha value is -2.89. The molecule has 5 nitrogen and oxygen atoms in total. The summed E-state index contributed by atoms with van der Waals surface area (Å²) in [6, 6.07) is 12.0. The van der Waals surface area contributed by atoms with Gasteiger partial charge in [-0.2, -0.15) is 0 Å². The van der Waals surface area contributed by atoms with Crippen LogP contribution in [0.4, 0.5) is 10.1 Å². The predicted molar refractivity (Wildman–Crippen MR) is 80.4 cm³/mol. The lowest BCUT2D eigenvalue weighted by Gasteiger charge is -2.08. The zero-order chi connectivity index (χ0) is 15.9. The Labute approximate surface area is 127 Å². The van der Waals surface area contributed by atoms with E-state index in [0.717, 1.165) is 0 Å². The van der Waals surface area contributed by atoms with E-state index >= 15 is 0 Å². The molecule has 0 spiro atoms. The van der Waals surface area contributed by atoms with E-state index in [9.17, 15) is 14.0 Å². The van der Waals surface area contributed by atoms with Gasteiger partial charge >= 0.3 is 0 Å². The van der Waals surface area contributed by atoms with E-state index in [0.29, 0.717) is 11.3 Å². The minimum Gasteiger partial charge on any atom is -0.484 e. The van der Waals surface area contributed by atoms with E-state index in [1.54, 1.807) is 30.3 Å². The van der Waals surface area contributed by atoms with Gasteiger partial charge in [0.25, 0.3) is 11.8 Å². The van der Waals surface area contributed by atoms with E-state index < -0.39 is 11.7 Å². The van der Waals surface area contributed by atoms with Crippen LogP contribution in [-0.4, -0.2) is 25.5 Å². The molecular formula is C16H15FN2O3. The molecular weight excluding hydrogens is 287 g/mol. The van der Waals surface area contributed by atoms with Gasteiger partial charge in [-0.1, -0.05) is 12.1 Å². The first-order valence-corrected chi connectivity index (χ1v) is 6.59. The van der Waals surface area contributed by atoms with Crippen LogP contribution in [0.2, 0.25) is 0 Å². The molecule has 0 aliphatic carbocycles. The molecule has 0 unspecified atom stereocenters. The molecule has 22 heavy (non-hydrogen) atoms. The summed E-state index contributed by atoms with van der Waals surface area (Å²) in [5.41, 5.74) is 0.917. The average molecular weight is 302 g/mol. The smallest absolute Gasteiger partial charge is 0.262 e. The zero-order valence-electron chi connectivity index (χ0n) is 11.9. The number of anilines is 1. The summed E-state index contributed by atoms with van der Waals surface area (Å²) < 4.78 is 18.2. The van der Waals surface area contributed by atoms with Gasteiger partial charge in [-0.15, -0.1) is 0 Å². The van der Waals surface area contributed by atoms with Crippen LogP contribution in [0, 0.1) is 5.82 Å². The van der Waals surface area contributed by atoms with Crippen molar-refractivity contribution >= 4 is 17.5 Å². The first kappa shape index (κ1) is 15.5. The summed E-state index contributed by atoms with van der Waals surface area (Å²) in [6.45, 7) is -0.256. The van der Waals surface area contributed by atoms with Crippen LogP contribution in [0.15, 0.2) is 48.5 Å². The molecule has 0 fully saturated rings. The van der Waals surface area contributed by atoms with Crippen LogP contribution in [0.25, 0.3) is 0 Å². The quantitative estimate of drug-likeness (QED) is 0.890. The first-order chi connectivity index (χ1) is 10.6. The maximum absolute atomic E-state index is 13.0. The standard InChI is InChI=1S/C16H15FN2O3/c1-18-16(21)11-4-2-6-13(8-11)19-15(20)10-22-14-7-3-5-12(17)9-14/h2-9H,10H2,1H3,(H,18,21)(H,19,20). The molecule has 0 aromatic heterocycles. The highest BCUT2D eigenvalue weighted by Crippen LogP contribution is 2.13. The van der Waals surface area contributed by atoms with Crippen molar-refractivity contribution in [3.63, 3.8) is 0 Å². The summed E-state index contributed by atoms with van der Waals surface area (Å²) in [6.07, 6.45) is 0. The third-order valence-electron chi connectivity index (χ3n) is 2.80. The van der Waals surface area contributed by atoms with E-state index in [-0.39, 0.29) is 18.3 Å². The van der Waals surface area contributed by atoms with Crippen LogP contribution in [-0.2, 0) is 4.79 Å². The van der Waals surface area contributed by atoms with Crippen LogP contribution in [0.3, 0.4) is 0 Å². The monoisotopic (exact) mass is 302 g/mol. The van der Waals surface area contributed by atoms with Crippen LogP contribution in [0.5, 0.6) is 5.75 Å². The summed E-state index contributed by atoms with van der Waals surface area (Å²) in [5, 5.41) is 5.11. The lowest BCUT2D eigenvalue weighted by atomic mass is 10.2. The lowest BCUT2D eigenvalue weighted by Crippen LogP contribution is -2.21. The Balaban J connectivity index is 1.93. The molecule has 6 heteroatoms. The molecule has 0 radical (unpaired) electrons. The van der Waals surface area contributed by atoms with Crippen molar-refractivity contribution in [3.05, 3.63) is 59.9 Å². The Bertz CT molecular complexity index is 689. The maximum Gasteiger partial charge on any atom is 0.262 e. The van der Waals surface area contributed by atoms with Crippen LogP contribution in [0.1, 0.15) is 10.4 Å². The van der Waals surface area contributed by atoms with Gasteiger partial charge in [-0.3, -0.25) is 9.59 Å². The predicted octanol–water partition coefficient (Wildman–Crippen LogP) is 2.20. The summed E-state index contributed by atoms with van der Waals surface area (Å²) >= 11 is 0. The molecule has 0 aliphatic rings. The third kappa shape index (κ3) is 4.31. The molecule has 0 saturated heterocycles. The fourth-order valence-electron chi connectivity index (χ4n) is 1.79. The Morgan fingerprint density at radius 2 is 1.91 bits per heavy atom. The number of ether oxygens (including phenoxy) is 1. The van der Waals surface area contributed by atoms with E-state index in [2.05, 4.69) is 10.6 Å². The van der Waals surface area contributed by atoms with Crippen molar-refractivity contribution in [3.8, 4) is 5.75 Å². The van der Waals surface area contributed by atoms with Gasteiger partial charge in [-0.25, -0.2) is 4.39 Å². The highest BCUT2D eigenvalue weighted by molar-refractivity contribution is 5.97. The molecule has 2 rings (SSSR count). The molecule has 2 amide bonds. The molecule has 2 aromatic rings. The number of hydrogen-bond donors (Lipinski definition) is 2. The van der Waals surface area contributed by atoms with Crippen LogP contribution >= 0.6 is 0 Å². The number of halogens is 1. The van der Waals surface area contributed by atoms with Gasteiger partial charge < -0.3 is 15.4 Å². The number of hydrogen-bond acceptors (Lipinski definition) is 3. The second kappa shape index (κ2) is 7.21. The number of amides is 2. The fourth-order valence-corrected chi connectivity index (χ4v) is 1.79. The zero-order valence-corrected chi connectivity index (χ0v) is 11.9. The largest absolute Gasteiger partial charge is 0.484 e. The molecule has 0 saturated carbocycles. The topological polar surface area (TPSA) is 67.4 Å². The van der Waals surface area contributed by atoms with Crippen molar-refractivity contribution < 1.29 is 18.7 Å². The van der Waals surface area contributed by atoms with Crippen molar-refractivity contribution in [1.82, 2.24) is 5.32 Å². The normalized spacial score (nSPS) is 9.91. The SMILES string of the molecule is CNC(=O)c1cccc(NC(=O)COc2cccc(F)c2)c1. The molecule has 0 aliphatic heterocycles. The van der Waals surface area contributed by atoms with Gasteiger partial charge in [0.05, 0.1) is 0 Å². The van der Waals surface area contributed by atoms with Crippen molar-refractivity contribution in [1.29, 1.82) is 0 Å². The van der Waals surface area contributed by atoms with Gasteiger partial charge in [-0.05, 0) is 30.3 Å². The molecule has 2 N–H and O–H groups in total. The summed E-state index contributed by atoms with van der Waals surface area (Å²) in [7, 11) is 1.53. The minimum absolute atomic E-state index is 0.243. The Kier molecular flexibility index (Phi) is 5.08. The van der Waals surface area contributed by atoms with E-state index in [4.69, 9.17) is 4.74 Å². The Morgan fingerprint density at radius 3 is 2.64 bits per heavy atom. The van der Waals surface area contributed by atoms with Crippen molar-refractivity contribution in [2.24, 2.45) is 0 Å². The van der Waals surface area contributed by atoms with Crippen LogP contribution < -0.4 is 15.4 Å². The second-order valence-electron chi connectivity index (χ2n) is 4.45. The summed E-state index contributed by atoms with van der Waals surface area (Å²) in [5.74, 6) is -0.809. The second-order valence-corrected chi connectivity index (χ2v) is 4.45. The molecule has 114 valence electrons. The third-order valence-corrected chi connectivity index (χ3v) is 2.80. The van der Waals surface area contributed by atoms with Crippen molar-refractivity contribution in [2.75, 3.05) is 19.0 Å². The molecule has 2 aromatic carbocycles. The van der Waals surface area contributed by atoms with Gasteiger partial charge in [0.1, 0.15) is 11.6 Å². The molecule has 0 heterocycles. The maximum atomic E-state index is 13.0. The number of rotatable bonds is 5. The summed E-state index contributed by atoms with van der Waals surface area (Å²) in [4.78, 5) is 23.3. The number of carbonyl (C=O) groups is 2. The minimum atomic E-state index is -0.434. The first-order valence-electron chi connectivity index (χ1n) is 6.59. The fraction of sp³-hybridized carbons (Fsp3) is 0.125. The molecule has 0 atom stereocenters. The van der Waals surface area contributed by atoms with Gasteiger partial charge in [0.15, 0.2) is 6.61 Å². The molecule has 0 bridgehead atoms. The number of carbonyl (C=O) groups excluding carboxylic acids is 2. The van der Waals surface area contributed by atoms with Gasteiger partial charge in [0, 0.05) is 24.4 Å². The number of benzene rings is 2. The van der Waals surface area contributed by atoms with Gasteiger partial charge in [0.2, 0.25) is 0 Å². The highest BCUT2D eigenvalue weighted by atomic mass is 19.1. The van der Waals surface area contributed by atoms with E-state index in [1.807, 2.05) is 0 Å². The average Bonchev–Trinajstić information content (AvgIpc) is 2.52. The Morgan fingerprint density at radius 1 is 1.14 bits per heavy atom. The lowest BCUT2D eigenvalue weighted by molar-refractivity contribution is -0.118. The van der Waals surface area contributed by atoms with Crippen molar-refractivity contribution in [2.45, 2.75) is 0 Å². The highest BCUT2D eigenvalue weighted by Gasteiger charge is 2.07. The van der Waals surface area contributed by atoms with E-state index in [1.165, 1.54) is 25.2 Å². The number of nitrogens with one attached hydrogen (secondary N) is 2.